The third-order valence-electron chi connectivity index (χ3n) is 2.40. The summed E-state index contributed by atoms with van der Waals surface area (Å²) in [5.74, 6) is 1.07. The van der Waals surface area contributed by atoms with Gasteiger partial charge in [0.2, 0.25) is 0 Å². The molecule has 0 N–H and O–H groups in total. The molecule has 1 aliphatic rings. The maximum atomic E-state index is 6.01. The summed E-state index contributed by atoms with van der Waals surface area (Å²) in [6.07, 6.45) is 0. The first-order chi connectivity index (χ1) is 8.31. The summed E-state index contributed by atoms with van der Waals surface area (Å²) < 4.78 is 6.01. The molecule has 2 aromatic carbocycles. The average molecular weight is 322 g/mol. The van der Waals surface area contributed by atoms with Crippen molar-refractivity contribution in [3.63, 3.8) is 0 Å². The van der Waals surface area contributed by atoms with Crippen LogP contribution in [0.3, 0.4) is 0 Å². The molecule has 0 bridgehead atoms. The third kappa shape index (κ3) is 2.67. The van der Waals surface area contributed by atoms with Gasteiger partial charge in [0, 0.05) is 0 Å². The summed E-state index contributed by atoms with van der Waals surface area (Å²) in [4.78, 5) is 2.61. The van der Waals surface area contributed by atoms with E-state index in [0.29, 0.717) is 0 Å². The molecule has 0 aromatic heterocycles. The van der Waals surface area contributed by atoms with Crippen molar-refractivity contribution in [3.8, 4) is 5.75 Å². The van der Waals surface area contributed by atoms with Crippen molar-refractivity contribution in [1.82, 2.24) is 0 Å². The van der Waals surface area contributed by atoms with E-state index in [1.165, 1.54) is 15.4 Å². The molecule has 1 nitrogen and oxygen atoms in total. The van der Waals surface area contributed by atoms with Gasteiger partial charge >= 0.3 is 113 Å². The van der Waals surface area contributed by atoms with Gasteiger partial charge in [0.25, 0.3) is 0 Å². The first kappa shape index (κ1) is 11.6. The van der Waals surface area contributed by atoms with E-state index in [2.05, 4.69) is 49.4 Å². The molecule has 1 atom stereocenters. The molecule has 0 radical (unpaired) electrons. The minimum atomic E-state index is -1.35. The van der Waals surface area contributed by atoms with Crippen molar-refractivity contribution < 1.29 is 3.73 Å². The van der Waals surface area contributed by atoms with E-state index in [9.17, 15) is 0 Å². The Morgan fingerprint density at radius 2 is 1.82 bits per heavy atom. The van der Waals surface area contributed by atoms with Crippen LogP contribution in [-0.4, -0.2) is 12.7 Å². The molecule has 1 aliphatic heterocycles. The zero-order valence-corrected chi connectivity index (χ0v) is 12.8. The Kier molecular flexibility index (Phi) is 3.41. The number of fused-ring (bicyclic) bond motifs is 1. The molecule has 3 rings (SSSR count). The van der Waals surface area contributed by atoms with Crippen LogP contribution in [0.5, 0.6) is 5.75 Å². The monoisotopic (exact) mass is 322 g/mol. The van der Waals surface area contributed by atoms with Crippen LogP contribution < -0.4 is 3.73 Å². The van der Waals surface area contributed by atoms with Gasteiger partial charge in [-0.05, 0) is 0 Å². The van der Waals surface area contributed by atoms with Crippen LogP contribution in [0.4, 0.5) is 0 Å². The second-order valence-corrected chi connectivity index (χ2v) is 13.3. The summed E-state index contributed by atoms with van der Waals surface area (Å²) in [6.45, 7) is 2.11. The number of aryl methyl sites for hydroxylation is 1. The Labute approximate surface area is 113 Å². The fourth-order valence-corrected chi connectivity index (χ4v) is 11.9. The predicted octanol–water partition coefficient (Wildman–Crippen LogP) is 4.26. The second kappa shape index (κ2) is 5.01. The van der Waals surface area contributed by atoms with E-state index in [1.807, 2.05) is 26.1 Å². The van der Waals surface area contributed by atoms with Crippen LogP contribution in [-0.2, 0) is 0 Å². The molecule has 0 amide bonds. The summed E-state index contributed by atoms with van der Waals surface area (Å²) in [5, 5.41) is 0. The number of benzene rings is 2. The topological polar surface area (TPSA) is 9.23 Å². The Morgan fingerprint density at radius 1 is 1.06 bits per heavy atom. The van der Waals surface area contributed by atoms with Crippen molar-refractivity contribution in [3.05, 3.63) is 54.1 Å². The maximum absolute atomic E-state index is 6.01. The SMILES string of the molecule is Cc1ccc(S[As]2Oc3ccccc3S2)cc1. The van der Waals surface area contributed by atoms with Gasteiger partial charge in [0.1, 0.15) is 0 Å². The van der Waals surface area contributed by atoms with Gasteiger partial charge in [-0.2, -0.15) is 0 Å². The quantitative estimate of drug-likeness (QED) is 0.765. The standard InChI is InChI=1S/C13H11AsOS2/c1-10-6-8-11(9-7-10)16-14-15-12-4-2-3-5-13(12)17-14/h2-9H,1H3. The zero-order chi connectivity index (χ0) is 11.7. The minimum absolute atomic E-state index is 1.07. The van der Waals surface area contributed by atoms with Crippen molar-refractivity contribution in [1.29, 1.82) is 0 Å². The average Bonchev–Trinajstić information content (AvgIpc) is 2.74. The van der Waals surface area contributed by atoms with E-state index in [1.54, 1.807) is 0 Å². The van der Waals surface area contributed by atoms with Gasteiger partial charge in [-0.3, -0.25) is 0 Å². The number of rotatable bonds is 2. The van der Waals surface area contributed by atoms with E-state index in [-0.39, 0.29) is 0 Å². The van der Waals surface area contributed by atoms with Gasteiger partial charge in [-0.15, -0.1) is 0 Å². The first-order valence-corrected chi connectivity index (χ1v) is 12.2. The first-order valence-electron chi connectivity index (χ1n) is 5.31. The number of para-hydroxylation sites is 1. The van der Waals surface area contributed by atoms with Crippen molar-refractivity contribution in [2.45, 2.75) is 16.7 Å². The molecule has 2 aromatic rings. The van der Waals surface area contributed by atoms with Gasteiger partial charge < -0.3 is 0 Å². The van der Waals surface area contributed by atoms with Gasteiger partial charge in [0.15, 0.2) is 0 Å². The number of hydrogen-bond acceptors (Lipinski definition) is 3. The van der Waals surface area contributed by atoms with Gasteiger partial charge in [0.05, 0.1) is 0 Å². The Morgan fingerprint density at radius 3 is 2.59 bits per heavy atom. The van der Waals surface area contributed by atoms with Crippen molar-refractivity contribution in [2.75, 3.05) is 0 Å². The number of hydrogen-bond donors (Lipinski definition) is 0. The van der Waals surface area contributed by atoms with Crippen LogP contribution in [0.15, 0.2) is 58.3 Å². The van der Waals surface area contributed by atoms with E-state index in [0.717, 1.165) is 5.75 Å². The Balaban J connectivity index is 1.71. The van der Waals surface area contributed by atoms with Crippen LogP contribution >= 0.6 is 20.0 Å². The molecule has 0 fully saturated rings. The molecule has 0 aliphatic carbocycles. The van der Waals surface area contributed by atoms with E-state index in [4.69, 9.17) is 3.73 Å². The zero-order valence-electron chi connectivity index (χ0n) is 9.29. The van der Waals surface area contributed by atoms with Crippen LogP contribution in [0, 0.1) is 6.92 Å². The molecule has 0 spiro atoms. The molecule has 0 saturated heterocycles. The van der Waals surface area contributed by atoms with Crippen LogP contribution in [0.1, 0.15) is 5.56 Å². The molecule has 17 heavy (non-hydrogen) atoms. The van der Waals surface area contributed by atoms with Gasteiger partial charge in [-0.1, -0.05) is 0 Å². The molecule has 0 saturated carbocycles. The van der Waals surface area contributed by atoms with Crippen LogP contribution in [0.2, 0.25) is 0 Å². The summed E-state index contributed by atoms with van der Waals surface area (Å²) in [6, 6.07) is 17.0. The molecule has 1 heterocycles. The molecule has 1 unspecified atom stereocenters. The van der Waals surface area contributed by atoms with E-state index < -0.39 is 12.7 Å². The predicted molar refractivity (Wildman–Crippen MR) is 75.7 cm³/mol. The third-order valence-corrected chi connectivity index (χ3v) is 12.0. The fraction of sp³-hybridized carbons (Fsp3) is 0.0769. The molecule has 86 valence electrons. The Bertz CT molecular complexity index is 502. The molecular weight excluding hydrogens is 311 g/mol. The fourth-order valence-electron chi connectivity index (χ4n) is 1.50. The van der Waals surface area contributed by atoms with Crippen molar-refractivity contribution in [2.24, 2.45) is 0 Å². The second-order valence-electron chi connectivity index (χ2n) is 3.76. The summed E-state index contributed by atoms with van der Waals surface area (Å²) >= 11 is -1.35. The van der Waals surface area contributed by atoms with Gasteiger partial charge in [-0.25, -0.2) is 0 Å². The van der Waals surface area contributed by atoms with Crippen LogP contribution in [0.25, 0.3) is 0 Å². The van der Waals surface area contributed by atoms with Crippen molar-refractivity contribution >= 4 is 32.7 Å². The van der Waals surface area contributed by atoms with E-state index >= 15 is 0 Å². The normalized spacial score (nSPS) is 17.6. The summed E-state index contributed by atoms with van der Waals surface area (Å²) in [7, 11) is 3.82. The molecule has 4 heteroatoms. The Hall–Kier alpha value is -0.502. The summed E-state index contributed by atoms with van der Waals surface area (Å²) in [5.41, 5.74) is 1.31. The molecular formula is C13H11AsOS2.